The first kappa shape index (κ1) is 14.8. The van der Waals surface area contributed by atoms with Crippen LogP contribution in [-0.4, -0.2) is 49.3 Å². The van der Waals surface area contributed by atoms with E-state index in [1.807, 2.05) is 0 Å². The molecule has 116 valence electrons. The smallest absolute Gasteiger partial charge is 0.0507 e. The van der Waals surface area contributed by atoms with Gasteiger partial charge in [0.15, 0.2) is 0 Å². The average Bonchev–Trinajstić information content (AvgIpc) is 2.97. The molecule has 1 saturated carbocycles. The van der Waals surface area contributed by atoms with Gasteiger partial charge in [-0.25, -0.2) is 0 Å². The number of hydrogen-bond acceptors (Lipinski definition) is 3. The van der Waals surface area contributed by atoms with Gasteiger partial charge in [0, 0.05) is 37.8 Å². The summed E-state index contributed by atoms with van der Waals surface area (Å²) in [4.78, 5) is 2.88. The third-order valence-corrected chi connectivity index (χ3v) is 5.76. The zero-order chi connectivity index (χ0) is 13.8. The van der Waals surface area contributed by atoms with Crippen molar-refractivity contribution in [3.05, 3.63) is 0 Å². The number of rotatable bonds is 4. The van der Waals surface area contributed by atoms with Crippen molar-refractivity contribution in [1.82, 2.24) is 10.2 Å². The molecule has 0 aromatic heterocycles. The molecule has 2 unspecified atom stereocenters. The molecule has 2 heterocycles. The zero-order valence-corrected chi connectivity index (χ0v) is 13.2. The topological polar surface area (TPSA) is 24.5 Å². The van der Waals surface area contributed by atoms with Crippen LogP contribution in [0.1, 0.15) is 58.3 Å². The number of piperazine rings is 1. The van der Waals surface area contributed by atoms with Gasteiger partial charge in [0.1, 0.15) is 0 Å². The van der Waals surface area contributed by atoms with Gasteiger partial charge in [-0.15, -0.1) is 0 Å². The molecule has 3 fully saturated rings. The van der Waals surface area contributed by atoms with Crippen molar-refractivity contribution < 1.29 is 4.74 Å². The Morgan fingerprint density at radius 3 is 2.80 bits per heavy atom. The van der Waals surface area contributed by atoms with Crippen molar-refractivity contribution in [2.75, 3.05) is 32.8 Å². The van der Waals surface area contributed by atoms with Crippen LogP contribution in [-0.2, 0) is 4.74 Å². The molecule has 1 spiro atoms. The Morgan fingerprint density at radius 2 is 2.10 bits per heavy atom. The molecule has 2 saturated heterocycles. The van der Waals surface area contributed by atoms with Crippen LogP contribution in [0.4, 0.5) is 0 Å². The number of nitrogens with one attached hydrogen (secondary N) is 1. The molecule has 0 aromatic rings. The molecule has 2 aliphatic heterocycles. The van der Waals surface area contributed by atoms with Crippen molar-refractivity contribution >= 4 is 0 Å². The Labute approximate surface area is 124 Å². The van der Waals surface area contributed by atoms with Crippen LogP contribution in [0.25, 0.3) is 0 Å². The monoisotopic (exact) mass is 280 g/mol. The van der Waals surface area contributed by atoms with E-state index >= 15 is 0 Å². The summed E-state index contributed by atoms with van der Waals surface area (Å²) in [5, 5.41) is 3.86. The third-order valence-electron chi connectivity index (χ3n) is 5.76. The summed E-state index contributed by atoms with van der Waals surface area (Å²) in [5.74, 6) is 0.786. The Balaban J connectivity index is 1.67. The van der Waals surface area contributed by atoms with E-state index in [2.05, 4.69) is 17.1 Å². The fourth-order valence-corrected chi connectivity index (χ4v) is 4.52. The van der Waals surface area contributed by atoms with E-state index in [0.717, 1.165) is 25.2 Å². The number of nitrogens with zero attached hydrogens (tertiary/aromatic N) is 1. The van der Waals surface area contributed by atoms with Crippen LogP contribution in [0, 0.1) is 5.92 Å². The average molecular weight is 280 g/mol. The van der Waals surface area contributed by atoms with Crippen molar-refractivity contribution in [3.63, 3.8) is 0 Å². The SMILES string of the molecule is CCCC1CN(CC2CCOC2)C2(CCCCC2)CN1. The molecule has 2 atom stereocenters. The van der Waals surface area contributed by atoms with Gasteiger partial charge in [-0.2, -0.15) is 0 Å². The highest BCUT2D eigenvalue weighted by atomic mass is 16.5. The highest BCUT2D eigenvalue weighted by Crippen LogP contribution is 2.36. The number of hydrogen-bond donors (Lipinski definition) is 1. The van der Waals surface area contributed by atoms with Crippen LogP contribution >= 0.6 is 0 Å². The summed E-state index contributed by atoms with van der Waals surface area (Å²) in [6.45, 7) is 8.07. The van der Waals surface area contributed by atoms with Crippen molar-refractivity contribution in [2.24, 2.45) is 5.92 Å². The molecule has 1 aliphatic carbocycles. The molecule has 1 N–H and O–H groups in total. The summed E-state index contributed by atoms with van der Waals surface area (Å²) < 4.78 is 5.61. The minimum Gasteiger partial charge on any atom is -0.381 e. The largest absolute Gasteiger partial charge is 0.381 e. The molecule has 3 heteroatoms. The van der Waals surface area contributed by atoms with Gasteiger partial charge >= 0.3 is 0 Å². The van der Waals surface area contributed by atoms with Crippen LogP contribution in [0.15, 0.2) is 0 Å². The van der Waals surface area contributed by atoms with E-state index in [0.29, 0.717) is 5.54 Å². The summed E-state index contributed by atoms with van der Waals surface area (Å²) in [6.07, 6.45) is 11.0. The second-order valence-electron chi connectivity index (χ2n) is 7.29. The molecule has 20 heavy (non-hydrogen) atoms. The van der Waals surface area contributed by atoms with Crippen molar-refractivity contribution in [1.29, 1.82) is 0 Å². The summed E-state index contributed by atoms with van der Waals surface area (Å²) >= 11 is 0. The van der Waals surface area contributed by atoms with Gasteiger partial charge < -0.3 is 10.1 Å². The van der Waals surface area contributed by atoms with E-state index in [1.54, 1.807) is 0 Å². The van der Waals surface area contributed by atoms with Crippen LogP contribution in [0.2, 0.25) is 0 Å². The molecule has 3 nitrogen and oxygen atoms in total. The quantitative estimate of drug-likeness (QED) is 0.857. The number of ether oxygens (including phenoxy) is 1. The zero-order valence-electron chi connectivity index (χ0n) is 13.2. The fourth-order valence-electron chi connectivity index (χ4n) is 4.52. The normalized spacial score (nSPS) is 34.6. The first-order valence-electron chi connectivity index (χ1n) is 8.88. The van der Waals surface area contributed by atoms with E-state index in [-0.39, 0.29) is 0 Å². The Morgan fingerprint density at radius 1 is 1.25 bits per heavy atom. The van der Waals surface area contributed by atoms with Gasteiger partial charge in [0.25, 0.3) is 0 Å². The van der Waals surface area contributed by atoms with Gasteiger partial charge in [-0.3, -0.25) is 4.90 Å². The Hall–Kier alpha value is -0.120. The minimum absolute atomic E-state index is 0.477. The molecule has 0 amide bonds. The maximum atomic E-state index is 5.61. The highest BCUT2D eigenvalue weighted by Gasteiger charge is 2.42. The predicted octanol–water partition coefficient (Wildman–Crippen LogP) is 2.80. The minimum atomic E-state index is 0.477. The van der Waals surface area contributed by atoms with Gasteiger partial charge in [0.05, 0.1) is 6.61 Å². The molecule has 3 rings (SSSR count). The van der Waals surface area contributed by atoms with Crippen molar-refractivity contribution in [3.8, 4) is 0 Å². The lowest BCUT2D eigenvalue weighted by Crippen LogP contribution is -2.65. The van der Waals surface area contributed by atoms with Gasteiger partial charge in [-0.1, -0.05) is 32.6 Å². The Kier molecular flexibility index (Phi) is 5.00. The van der Waals surface area contributed by atoms with Crippen molar-refractivity contribution in [2.45, 2.75) is 69.9 Å². The molecule has 0 bridgehead atoms. The lowest BCUT2D eigenvalue weighted by atomic mass is 9.77. The maximum absolute atomic E-state index is 5.61. The van der Waals surface area contributed by atoms with Crippen LogP contribution in [0.3, 0.4) is 0 Å². The Bertz CT molecular complexity index is 295. The van der Waals surface area contributed by atoms with E-state index in [1.165, 1.54) is 71.0 Å². The molecular weight excluding hydrogens is 248 g/mol. The van der Waals surface area contributed by atoms with Crippen LogP contribution < -0.4 is 5.32 Å². The summed E-state index contributed by atoms with van der Waals surface area (Å²) in [6, 6.07) is 0.717. The molecule has 3 aliphatic rings. The highest BCUT2D eigenvalue weighted by molar-refractivity contribution is 5.01. The standard InChI is InChI=1S/C17H32N2O/c1-2-6-16-12-19(11-15-7-10-20-13-15)17(14-18-16)8-4-3-5-9-17/h15-16,18H,2-14H2,1H3. The third kappa shape index (κ3) is 3.20. The van der Waals surface area contributed by atoms with E-state index in [4.69, 9.17) is 4.74 Å². The maximum Gasteiger partial charge on any atom is 0.0507 e. The lowest BCUT2D eigenvalue weighted by Gasteiger charge is -2.53. The van der Waals surface area contributed by atoms with Gasteiger partial charge in [0.2, 0.25) is 0 Å². The second-order valence-corrected chi connectivity index (χ2v) is 7.29. The van der Waals surface area contributed by atoms with E-state index < -0.39 is 0 Å². The lowest BCUT2D eigenvalue weighted by molar-refractivity contribution is -0.00358. The first-order chi connectivity index (χ1) is 9.82. The second kappa shape index (κ2) is 6.76. The molecule has 0 aromatic carbocycles. The predicted molar refractivity (Wildman–Crippen MR) is 83.0 cm³/mol. The summed E-state index contributed by atoms with van der Waals surface area (Å²) in [7, 11) is 0. The summed E-state index contributed by atoms with van der Waals surface area (Å²) in [5.41, 5.74) is 0.477. The van der Waals surface area contributed by atoms with Gasteiger partial charge in [-0.05, 0) is 31.6 Å². The fraction of sp³-hybridized carbons (Fsp3) is 1.00. The first-order valence-corrected chi connectivity index (χ1v) is 8.88. The van der Waals surface area contributed by atoms with Crippen LogP contribution in [0.5, 0.6) is 0 Å². The molecule has 0 radical (unpaired) electrons. The molecular formula is C17H32N2O. The van der Waals surface area contributed by atoms with E-state index in [9.17, 15) is 0 Å².